The van der Waals surface area contributed by atoms with E-state index in [9.17, 15) is 5.11 Å². The predicted molar refractivity (Wildman–Crippen MR) is 56.2 cm³/mol. The van der Waals surface area contributed by atoms with Crippen molar-refractivity contribution in [3.05, 3.63) is 35.6 Å². The van der Waals surface area contributed by atoms with Gasteiger partial charge in [-0.3, -0.25) is 0 Å². The maximum atomic E-state index is 9.54. The Kier molecular flexibility index (Phi) is 2.30. The lowest BCUT2D eigenvalue weighted by Gasteiger charge is -2.01. The molecule has 1 atom stereocenters. The van der Waals surface area contributed by atoms with E-state index in [1.807, 2.05) is 24.3 Å². The molecule has 0 radical (unpaired) electrons. The number of rotatable bonds is 2. The molecular formula is C12H14O2. The summed E-state index contributed by atoms with van der Waals surface area (Å²) in [6.07, 6.45) is 0.356. The first-order valence-corrected chi connectivity index (χ1v) is 4.92. The van der Waals surface area contributed by atoms with Crippen LogP contribution in [0.15, 0.2) is 28.7 Å². The van der Waals surface area contributed by atoms with Gasteiger partial charge in [0.2, 0.25) is 0 Å². The maximum Gasteiger partial charge on any atom is 0.136 e. The number of aliphatic hydroxyl groups excluding tert-OH is 1. The monoisotopic (exact) mass is 190 g/mol. The van der Waals surface area contributed by atoms with E-state index in [0.29, 0.717) is 5.76 Å². The molecule has 0 unspecified atom stereocenters. The van der Waals surface area contributed by atoms with Crippen LogP contribution in [-0.4, -0.2) is 5.11 Å². The number of hydrogen-bond acceptors (Lipinski definition) is 2. The topological polar surface area (TPSA) is 33.4 Å². The Morgan fingerprint density at radius 2 is 2.07 bits per heavy atom. The molecule has 0 saturated heterocycles. The minimum Gasteiger partial charge on any atom is -0.458 e. The first kappa shape index (κ1) is 9.28. The molecule has 2 nitrogen and oxygen atoms in total. The fraction of sp³-hybridized carbons (Fsp3) is 0.333. The van der Waals surface area contributed by atoms with Crippen molar-refractivity contribution in [3.63, 3.8) is 0 Å². The van der Waals surface area contributed by atoms with E-state index in [4.69, 9.17) is 4.42 Å². The summed E-state index contributed by atoms with van der Waals surface area (Å²) in [6, 6.07) is 7.89. The zero-order valence-electron chi connectivity index (χ0n) is 8.45. The molecule has 0 aliphatic carbocycles. The summed E-state index contributed by atoms with van der Waals surface area (Å²) in [6.45, 7) is 3.81. The number of aryl methyl sites for hydroxylation is 1. The summed E-state index contributed by atoms with van der Waals surface area (Å²) < 4.78 is 5.60. The van der Waals surface area contributed by atoms with Crippen LogP contribution in [0.4, 0.5) is 0 Å². The fourth-order valence-electron chi connectivity index (χ4n) is 1.82. The highest BCUT2D eigenvalue weighted by atomic mass is 16.4. The average molecular weight is 190 g/mol. The molecule has 0 fully saturated rings. The quantitative estimate of drug-likeness (QED) is 0.789. The highest BCUT2D eigenvalue weighted by Crippen LogP contribution is 2.29. The molecular weight excluding hydrogens is 176 g/mol. The Morgan fingerprint density at radius 3 is 2.71 bits per heavy atom. The van der Waals surface area contributed by atoms with E-state index >= 15 is 0 Å². The van der Waals surface area contributed by atoms with Crippen LogP contribution in [0.5, 0.6) is 0 Å². The molecule has 14 heavy (non-hydrogen) atoms. The molecule has 0 saturated carbocycles. The van der Waals surface area contributed by atoms with Gasteiger partial charge in [0, 0.05) is 10.9 Å². The first-order valence-electron chi connectivity index (χ1n) is 4.92. The van der Waals surface area contributed by atoms with Crippen LogP contribution in [0.1, 0.15) is 31.3 Å². The van der Waals surface area contributed by atoms with Crippen molar-refractivity contribution in [3.8, 4) is 0 Å². The van der Waals surface area contributed by atoms with Gasteiger partial charge < -0.3 is 9.52 Å². The molecule has 1 heterocycles. The van der Waals surface area contributed by atoms with Gasteiger partial charge in [0.05, 0.1) is 0 Å². The Bertz CT molecular complexity index is 441. The van der Waals surface area contributed by atoms with E-state index in [0.717, 1.165) is 23.0 Å². The van der Waals surface area contributed by atoms with Crippen molar-refractivity contribution in [2.45, 2.75) is 26.4 Å². The molecule has 0 spiro atoms. The number of benzene rings is 1. The van der Waals surface area contributed by atoms with Gasteiger partial charge >= 0.3 is 0 Å². The van der Waals surface area contributed by atoms with Crippen LogP contribution >= 0.6 is 0 Å². The van der Waals surface area contributed by atoms with Crippen molar-refractivity contribution in [2.75, 3.05) is 0 Å². The molecule has 2 rings (SSSR count). The molecule has 0 aliphatic rings. The number of fused-ring (bicyclic) bond motifs is 1. The van der Waals surface area contributed by atoms with Crippen molar-refractivity contribution in [1.29, 1.82) is 0 Å². The zero-order valence-corrected chi connectivity index (χ0v) is 8.45. The number of para-hydroxylation sites is 1. The van der Waals surface area contributed by atoms with Crippen molar-refractivity contribution in [2.24, 2.45) is 0 Å². The van der Waals surface area contributed by atoms with Gasteiger partial charge in [-0.05, 0) is 19.4 Å². The molecule has 1 aromatic heterocycles. The van der Waals surface area contributed by atoms with Crippen molar-refractivity contribution in [1.82, 2.24) is 0 Å². The Balaban J connectivity index is 2.72. The number of furan rings is 1. The molecule has 0 aliphatic heterocycles. The SMILES string of the molecule is CCc1c([C@H](C)O)oc2ccccc12. The molecule has 1 aromatic carbocycles. The van der Waals surface area contributed by atoms with Crippen LogP contribution < -0.4 is 0 Å². The summed E-state index contributed by atoms with van der Waals surface area (Å²) in [4.78, 5) is 0. The van der Waals surface area contributed by atoms with Crippen molar-refractivity contribution < 1.29 is 9.52 Å². The van der Waals surface area contributed by atoms with Crippen LogP contribution in [-0.2, 0) is 6.42 Å². The highest BCUT2D eigenvalue weighted by Gasteiger charge is 2.15. The van der Waals surface area contributed by atoms with Crippen LogP contribution in [0, 0.1) is 0 Å². The summed E-state index contributed by atoms with van der Waals surface area (Å²) in [5.41, 5.74) is 1.98. The summed E-state index contributed by atoms with van der Waals surface area (Å²) in [7, 11) is 0. The smallest absolute Gasteiger partial charge is 0.136 e. The minimum absolute atomic E-state index is 0.530. The predicted octanol–water partition coefficient (Wildman–Crippen LogP) is 3.05. The average Bonchev–Trinajstić information content (AvgIpc) is 2.56. The molecule has 2 heteroatoms. The molecule has 2 aromatic rings. The number of aliphatic hydroxyl groups is 1. The lowest BCUT2D eigenvalue weighted by molar-refractivity contribution is 0.170. The third kappa shape index (κ3) is 1.32. The molecule has 0 amide bonds. The fourth-order valence-corrected chi connectivity index (χ4v) is 1.82. The second-order valence-electron chi connectivity index (χ2n) is 3.47. The summed E-state index contributed by atoms with van der Waals surface area (Å²) in [5.74, 6) is 0.703. The minimum atomic E-state index is -0.530. The maximum absolute atomic E-state index is 9.54. The third-order valence-corrected chi connectivity index (χ3v) is 2.46. The summed E-state index contributed by atoms with van der Waals surface area (Å²) >= 11 is 0. The van der Waals surface area contributed by atoms with E-state index in [2.05, 4.69) is 6.92 Å². The molecule has 0 bridgehead atoms. The Morgan fingerprint density at radius 1 is 1.36 bits per heavy atom. The van der Waals surface area contributed by atoms with E-state index in [1.165, 1.54) is 0 Å². The second-order valence-corrected chi connectivity index (χ2v) is 3.47. The second kappa shape index (κ2) is 3.46. The van der Waals surface area contributed by atoms with Gasteiger partial charge in [-0.2, -0.15) is 0 Å². The van der Waals surface area contributed by atoms with Crippen LogP contribution in [0.25, 0.3) is 11.0 Å². The lowest BCUT2D eigenvalue weighted by Crippen LogP contribution is -1.92. The van der Waals surface area contributed by atoms with Gasteiger partial charge in [0.25, 0.3) is 0 Å². The standard InChI is InChI=1S/C12H14O2/c1-3-9-10-6-4-5-7-11(10)14-12(9)8(2)13/h4-8,13H,3H2,1-2H3/t8-/m0/s1. The highest BCUT2D eigenvalue weighted by molar-refractivity contribution is 5.82. The Hall–Kier alpha value is -1.28. The largest absolute Gasteiger partial charge is 0.458 e. The number of hydrogen-bond donors (Lipinski definition) is 1. The van der Waals surface area contributed by atoms with Gasteiger partial charge in [0.15, 0.2) is 0 Å². The van der Waals surface area contributed by atoms with Gasteiger partial charge in [0.1, 0.15) is 17.4 Å². The van der Waals surface area contributed by atoms with Crippen LogP contribution in [0.2, 0.25) is 0 Å². The van der Waals surface area contributed by atoms with E-state index < -0.39 is 6.10 Å². The van der Waals surface area contributed by atoms with E-state index in [-0.39, 0.29) is 0 Å². The normalized spacial score (nSPS) is 13.4. The molecule has 74 valence electrons. The Labute approximate surface area is 83.2 Å². The zero-order chi connectivity index (χ0) is 10.1. The van der Waals surface area contributed by atoms with E-state index in [1.54, 1.807) is 6.92 Å². The van der Waals surface area contributed by atoms with Gasteiger partial charge in [-0.25, -0.2) is 0 Å². The van der Waals surface area contributed by atoms with Crippen LogP contribution in [0.3, 0.4) is 0 Å². The third-order valence-electron chi connectivity index (χ3n) is 2.46. The first-order chi connectivity index (χ1) is 6.74. The van der Waals surface area contributed by atoms with Gasteiger partial charge in [-0.15, -0.1) is 0 Å². The molecule has 1 N–H and O–H groups in total. The van der Waals surface area contributed by atoms with Gasteiger partial charge in [-0.1, -0.05) is 25.1 Å². The lowest BCUT2D eigenvalue weighted by atomic mass is 10.1. The summed E-state index contributed by atoms with van der Waals surface area (Å²) in [5, 5.41) is 10.7. The van der Waals surface area contributed by atoms with Crippen molar-refractivity contribution >= 4 is 11.0 Å².